The van der Waals surface area contributed by atoms with Gasteiger partial charge in [0.15, 0.2) is 17.3 Å². The van der Waals surface area contributed by atoms with Gasteiger partial charge in [-0.25, -0.2) is 0 Å². The summed E-state index contributed by atoms with van der Waals surface area (Å²) in [6, 6.07) is 5.43. The van der Waals surface area contributed by atoms with Gasteiger partial charge in [-0.05, 0) is 31.9 Å². The van der Waals surface area contributed by atoms with Gasteiger partial charge in [-0.1, -0.05) is 19.9 Å². The molecule has 1 aromatic carbocycles. The molecule has 0 aromatic heterocycles. The third-order valence-corrected chi connectivity index (χ3v) is 2.27. The van der Waals surface area contributed by atoms with Crippen LogP contribution in [-0.4, -0.2) is 19.0 Å². The smallest absolute Gasteiger partial charge is 0.171 e. The van der Waals surface area contributed by atoms with Crippen LogP contribution in [0.3, 0.4) is 0 Å². The fraction of sp³-hybridized carbons (Fsp3) is 0.500. The highest BCUT2D eigenvalue weighted by Gasteiger charge is 2.14. The van der Waals surface area contributed by atoms with E-state index in [1.807, 2.05) is 26.0 Å². The van der Waals surface area contributed by atoms with Crippen LogP contribution in [0.2, 0.25) is 0 Å². The van der Waals surface area contributed by atoms with Gasteiger partial charge in [-0.3, -0.25) is 4.79 Å². The molecular weight excluding hydrogens is 216 g/mol. The number of rotatable bonds is 7. The molecule has 0 aliphatic heterocycles. The van der Waals surface area contributed by atoms with Gasteiger partial charge in [0.2, 0.25) is 0 Å². The summed E-state index contributed by atoms with van der Waals surface area (Å²) in [5.74, 6) is 1.24. The van der Waals surface area contributed by atoms with Gasteiger partial charge in [0, 0.05) is 0 Å². The fourth-order valence-electron chi connectivity index (χ4n) is 1.47. The lowest BCUT2D eigenvalue weighted by atomic mass is 10.1. The molecule has 0 N–H and O–H groups in total. The summed E-state index contributed by atoms with van der Waals surface area (Å²) < 4.78 is 11.2. The summed E-state index contributed by atoms with van der Waals surface area (Å²) in [6.07, 6.45) is 1.83. The van der Waals surface area contributed by atoms with E-state index in [0.717, 1.165) is 12.8 Å². The first-order valence-corrected chi connectivity index (χ1v) is 6.10. The Morgan fingerprint density at radius 2 is 1.76 bits per heavy atom. The molecule has 0 bridgehead atoms. The van der Waals surface area contributed by atoms with Gasteiger partial charge in [-0.15, -0.1) is 0 Å². The number of ether oxygens (including phenoxy) is 2. The van der Waals surface area contributed by atoms with Crippen LogP contribution in [0.4, 0.5) is 0 Å². The van der Waals surface area contributed by atoms with E-state index in [9.17, 15) is 4.79 Å². The van der Waals surface area contributed by atoms with Crippen molar-refractivity contribution in [3.63, 3.8) is 0 Å². The van der Waals surface area contributed by atoms with E-state index >= 15 is 0 Å². The van der Waals surface area contributed by atoms with Crippen LogP contribution in [0.1, 0.15) is 44.0 Å². The van der Waals surface area contributed by atoms with E-state index in [1.54, 1.807) is 6.07 Å². The predicted molar refractivity (Wildman–Crippen MR) is 68.0 cm³/mol. The number of hydrogen-bond donors (Lipinski definition) is 0. The Balaban J connectivity index is 3.00. The second-order valence-corrected chi connectivity index (χ2v) is 3.89. The minimum Gasteiger partial charge on any atom is -0.490 e. The van der Waals surface area contributed by atoms with Crippen molar-refractivity contribution in [1.82, 2.24) is 0 Å². The van der Waals surface area contributed by atoms with Gasteiger partial charge >= 0.3 is 0 Å². The normalized spacial score (nSPS) is 10.1. The van der Waals surface area contributed by atoms with Crippen molar-refractivity contribution in [3.05, 3.63) is 23.8 Å². The highest BCUT2D eigenvalue weighted by molar-refractivity contribution is 5.97. The van der Waals surface area contributed by atoms with Crippen LogP contribution in [0.5, 0.6) is 11.5 Å². The molecule has 0 radical (unpaired) electrons. The van der Waals surface area contributed by atoms with E-state index in [1.165, 1.54) is 6.92 Å². The molecule has 0 aliphatic rings. The van der Waals surface area contributed by atoms with Crippen LogP contribution >= 0.6 is 0 Å². The average Bonchev–Trinajstić information content (AvgIpc) is 2.33. The second-order valence-electron chi connectivity index (χ2n) is 3.89. The lowest BCUT2D eigenvalue weighted by Crippen LogP contribution is -2.05. The van der Waals surface area contributed by atoms with Gasteiger partial charge in [0.05, 0.1) is 18.8 Å². The fourth-order valence-corrected chi connectivity index (χ4v) is 1.47. The number of Topliss-reactive ketones (excluding diaryl/α,β-unsaturated/α-hetero) is 1. The van der Waals surface area contributed by atoms with Crippen molar-refractivity contribution in [2.45, 2.75) is 33.6 Å². The van der Waals surface area contributed by atoms with Crippen molar-refractivity contribution < 1.29 is 14.3 Å². The number of carbonyl (C=O) groups excluding carboxylic acids is 1. The van der Waals surface area contributed by atoms with Crippen molar-refractivity contribution >= 4 is 5.78 Å². The van der Waals surface area contributed by atoms with Gasteiger partial charge in [-0.2, -0.15) is 0 Å². The van der Waals surface area contributed by atoms with E-state index < -0.39 is 0 Å². The molecule has 17 heavy (non-hydrogen) atoms. The molecule has 1 rings (SSSR count). The van der Waals surface area contributed by atoms with E-state index in [-0.39, 0.29) is 5.78 Å². The maximum Gasteiger partial charge on any atom is 0.171 e. The molecule has 0 aliphatic carbocycles. The Morgan fingerprint density at radius 3 is 2.35 bits per heavy atom. The summed E-state index contributed by atoms with van der Waals surface area (Å²) in [5.41, 5.74) is 0.590. The van der Waals surface area contributed by atoms with Crippen LogP contribution < -0.4 is 9.47 Å². The largest absolute Gasteiger partial charge is 0.490 e. The summed E-state index contributed by atoms with van der Waals surface area (Å²) in [7, 11) is 0. The minimum absolute atomic E-state index is 0.00180. The predicted octanol–water partition coefficient (Wildman–Crippen LogP) is 3.47. The molecular formula is C14H20O3. The van der Waals surface area contributed by atoms with E-state index in [2.05, 4.69) is 0 Å². The molecule has 0 saturated carbocycles. The molecule has 3 nitrogen and oxygen atoms in total. The molecule has 94 valence electrons. The molecule has 0 amide bonds. The number of ketones is 1. The summed E-state index contributed by atoms with van der Waals surface area (Å²) in [4.78, 5) is 11.5. The number of para-hydroxylation sites is 1. The second kappa shape index (κ2) is 6.94. The summed E-state index contributed by atoms with van der Waals surface area (Å²) in [5, 5.41) is 0. The molecule has 0 atom stereocenters. The minimum atomic E-state index is -0.00180. The Bertz CT molecular complexity index is 372. The van der Waals surface area contributed by atoms with Gasteiger partial charge in [0.1, 0.15) is 0 Å². The molecule has 0 spiro atoms. The lowest BCUT2D eigenvalue weighted by molar-refractivity contribution is 0.101. The molecule has 1 aromatic rings. The van der Waals surface area contributed by atoms with Gasteiger partial charge < -0.3 is 9.47 Å². The molecule has 0 saturated heterocycles. The third-order valence-electron chi connectivity index (χ3n) is 2.27. The molecule has 3 heteroatoms. The molecule has 0 fully saturated rings. The monoisotopic (exact) mass is 236 g/mol. The van der Waals surface area contributed by atoms with Crippen LogP contribution in [0.25, 0.3) is 0 Å². The van der Waals surface area contributed by atoms with Crippen molar-refractivity contribution in [3.8, 4) is 11.5 Å². The standard InChI is InChI=1S/C14H20O3/c1-4-9-16-13-8-6-7-12(11(3)15)14(13)17-10-5-2/h6-8H,4-5,9-10H2,1-3H3. The zero-order valence-corrected chi connectivity index (χ0v) is 10.8. The SMILES string of the molecule is CCCOc1cccc(C(C)=O)c1OCCC. The summed E-state index contributed by atoms with van der Waals surface area (Å²) in [6.45, 7) is 6.83. The Kier molecular flexibility index (Phi) is 5.53. The Hall–Kier alpha value is -1.51. The Labute approximate surface area is 103 Å². The molecule has 0 heterocycles. The van der Waals surface area contributed by atoms with Crippen LogP contribution in [0, 0.1) is 0 Å². The van der Waals surface area contributed by atoms with Crippen LogP contribution in [-0.2, 0) is 0 Å². The van der Waals surface area contributed by atoms with Crippen molar-refractivity contribution in [2.24, 2.45) is 0 Å². The maximum absolute atomic E-state index is 11.5. The first-order valence-electron chi connectivity index (χ1n) is 6.10. The number of benzene rings is 1. The summed E-state index contributed by atoms with van der Waals surface area (Å²) >= 11 is 0. The van der Waals surface area contributed by atoms with Crippen LogP contribution in [0.15, 0.2) is 18.2 Å². The maximum atomic E-state index is 11.5. The highest BCUT2D eigenvalue weighted by atomic mass is 16.5. The van der Waals surface area contributed by atoms with E-state index in [0.29, 0.717) is 30.3 Å². The van der Waals surface area contributed by atoms with Gasteiger partial charge in [0.25, 0.3) is 0 Å². The zero-order valence-electron chi connectivity index (χ0n) is 10.8. The lowest BCUT2D eigenvalue weighted by Gasteiger charge is -2.14. The van der Waals surface area contributed by atoms with Crippen molar-refractivity contribution in [1.29, 1.82) is 0 Å². The van der Waals surface area contributed by atoms with E-state index in [4.69, 9.17) is 9.47 Å². The highest BCUT2D eigenvalue weighted by Crippen LogP contribution is 2.31. The quantitative estimate of drug-likeness (QED) is 0.680. The zero-order chi connectivity index (χ0) is 12.7. The first kappa shape index (κ1) is 13.6. The topological polar surface area (TPSA) is 35.5 Å². The number of hydrogen-bond acceptors (Lipinski definition) is 3. The first-order chi connectivity index (χ1) is 8.20. The molecule has 0 unspecified atom stereocenters. The van der Waals surface area contributed by atoms with Crippen molar-refractivity contribution in [2.75, 3.05) is 13.2 Å². The average molecular weight is 236 g/mol. The number of carbonyl (C=O) groups is 1. The Morgan fingerprint density at radius 1 is 1.12 bits per heavy atom. The third kappa shape index (κ3) is 3.77.